The van der Waals surface area contributed by atoms with Crippen LogP contribution >= 0.6 is 0 Å². The van der Waals surface area contributed by atoms with Crippen LogP contribution in [0.1, 0.15) is 28.0 Å². The number of hydrogen-bond donors (Lipinski definition) is 0. The maximum Gasteiger partial charge on any atom is 0.0272 e. The maximum atomic E-state index is 7.36. The van der Waals surface area contributed by atoms with Gasteiger partial charge in [0, 0.05) is 1.37 Å². The largest absolute Gasteiger partial charge is 0.103 e. The van der Waals surface area contributed by atoms with Gasteiger partial charge < -0.3 is 0 Å². The fraction of sp³-hybridized carbons (Fsp3) is 0.714. The fourth-order valence-corrected chi connectivity index (χ4v) is 0.368. The van der Waals surface area contributed by atoms with E-state index in [1.807, 2.05) is 0 Å². The van der Waals surface area contributed by atoms with Gasteiger partial charge >= 0.3 is 0 Å². The molecule has 0 aromatic carbocycles. The quantitative estimate of drug-likeness (QED) is 0.477. The minimum absolute atomic E-state index is 0.0486. The topological polar surface area (TPSA) is 0 Å². The van der Waals surface area contributed by atoms with E-state index in [-0.39, 0.29) is 6.40 Å². The van der Waals surface area contributed by atoms with Crippen LogP contribution in [-0.2, 0) is 0 Å². The summed E-state index contributed by atoms with van der Waals surface area (Å²) in [5.74, 6) is 0.466. The highest BCUT2D eigenvalue weighted by atomic mass is 13.9. The Morgan fingerprint density at radius 3 is 2.57 bits per heavy atom. The van der Waals surface area contributed by atoms with Gasteiger partial charge in [0.25, 0.3) is 0 Å². The molecule has 0 aromatic heterocycles. The summed E-state index contributed by atoms with van der Waals surface area (Å²) in [5, 5.41) is 0. The van der Waals surface area contributed by atoms with Crippen LogP contribution in [0.3, 0.4) is 0 Å². The third kappa shape index (κ3) is 5.74. The van der Waals surface area contributed by atoms with E-state index in [4.69, 9.17) is 1.37 Å². The molecule has 0 aliphatic rings. The lowest BCUT2D eigenvalue weighted by atomic mass is 10.1. The molecule has 0 nitrogen and oxygen atoms in total. The Balaban J connectivity index is 3.30. The Morgan fingerprint density at radius 2 is 2.43 bits per heavy atom. The van der Waals surface area contributed by atoms with Crippen molar-refractivity contribution in [3.63, 3.8) is 0 Å². The monoisotopic (exact) mass is 99.1 g/mol. The zero-order chi connectivity index (χ0) is 6.57. The van der Waals surface area contributed by atoms with E-state index in [2.05, 4.69) is 20.4 Å². The minimum atomic E-state index is 0.0486. The second-order valence-electron chi connectivity index (χ2n) is 2.00. The van der Waals surface area contributed by atoms with Gasteiger partial charge in [-0.1, -0.05) is 19.9 Å². The summed E-state index contributed by atoms with van der Waals surface area (Å²) in [5.41, 5.74) is 0. The van der Waals surface area contributed by atoms with E-state index in [0.717, 1.165) is 6.42 Å². The summed E-state index contributed by atoms with van der Waals surface area (Å²) in [7, 11) is 0. The molecule has 0 saturated carbocycles. The molecule has 0 heteroatoms. The van der Waals surface area contributed by atoms with E-state index in [1.54, 1.807) is 6.08 Å². The van der Waals surface area contributed by atoms with Gasteiger partial charge in [0.2, 0.25) is 0 Å². The van der Waals surface area contributed by atoms with E-state index in [9.17, 15) is 0 Å². The van der Waals surface area contributed by atoms with Crippen molar-refractivity contribution in [2.45, 2.75) is 26.7 Å². The Kier molecular flexibility index (Phi) is 2.73. The summed E-state index contributed by atoms with van der Waals surface area (Å²) in [4.78, 5) is 0. The molecule has 7 heavy (non-hydrogen) atoms. The molecule has 0 radical (unpaired) electrons. The van der Waals surface area contributed by atoms with Crippen molar-refractivity contribution in [1.82, 2.24) is 0 Å². The lowest BCUT2D eigenvalue weighted by molar-refractivity contribution is 0.595. The SMILES string of the molecule is [2H]C(CC=C)C(C)C. The van der Waals surface area contributed by atoms with Crippen LogP contribution in [0.5, 0.6) is 0 Å². The van der Waals surface area contributed by atoms with Gasteiger partial charge in [-0.3, -0.25) is 0 Å². The maximum absolute atomic E-state index is 7.36. The number of rotatable bonds is 3. The van der Waals surface area contributed by atoms with Crippen molar-refractivity contribution >= 4 is 0 Å². The Hall–Kier alpha value is -0.260. The lowest BCUT2D eigenvalue weighted by Crippen LogP contribution is -1.82. The molecular weight excluding hydrogens is 84.1 g/mol. The van der Waals surface area contributed by atoms with Crippen LogP contribution in [-0.4, -0.2) is 0 Å². The van der Waals surface area contributed by atoms with Crippen LogP contribution in [0, 0.1) is 5.92 Å². The molecule has 0 spiro atoms. The normalized spacial score (nSPS) is 16.1. The second kappa shape index (κ2) is 3.91. The lowest BCUT2D eigenvalue weighted by Gasteiger charge is -1.96. The van der Waals surface area contributed by atoms with Crippen molar-refractivity contribution in [2.75, 3.05) is 0 Å². The predicted octanol–water partition coefficient (Wildman–Crippen LogP) is 2.61. The molecule has 0 bridgehead atoms. The van der Waals surface area contributed by atoms with Crippen LogP contribution in [0.2, 0.25) is 0 Å². The van der Waals surface area contributed by atoms with Crippen molar-refractivity contribution in [1.29, 1.82) is 0 Å². The molecule has 1 unspecified atom stereocenters. The van der Waals surface area contributed by atoms with Gasteiger partial charge in [0.1, 0.15) is 0 Å². The van der Waals surface area contributed by atoms with Gasteiger partial charge in [-0.2, -0.15) is 0 Å². The first-order chi connectivity index (χ1) is 3.68. The molecule has 0 rings (SSSR count). The summed E-state index contributed by atoms with van der Waals surface area (Å²) in [6, 6.07) is 0. The van der Waals surface area contributed by atoms with Crippen molar-refractivity contribution in [3.8, 4) is 0 Å². The third-order valence-electron chi connectivity index (χ3n) is 0.774. The average molecular weight is 99.2 g/mol. The first-order valence-corrected chi connectivity index (χ1v) is 2.71. The highest BCUT2D eigenvalue weighted by molar-refractivity contribution is 4.66. The highest BCUT2D eigenvalue weighted by Gasteiger charge is 1.87. The van der Waals surface area contributed by atoms with Gasteiger partial charge in [-0.05, 0) is 18.7 Å². The van der Waals surface area contributed by atoms with Gasteiger partial charge in [0.05, 0.1) is 0 Å². The van der Waals surface area contributed by atoms with Gasteiger partial charge in [0.15, 0.2) is 0 Å². The Bertz CT molecular complexity index is 66.8. The molecule has 0 heterocycles. The van der Waals surface area contributed by atoms with Crippen molar-refractivity contribution in [2.24, 2.45) is 5.92 Å². The summed E-state index contributed by atoms with van der Waals surface area (Å²) in [6.07, 6.45) is 2.67. The van der Waals surface area contributed by atoms with Crippen LogP contribution in [0.4, 0.5) is 0 Å². The first-order valence-electron chi connectivity index (χ1n) is 3.29. The average Bonchev–Trinajstić information content (AvgIpc) is 1.67. The molecule has 0 saturated heterocycles. The minimum Gasteiger partial charge on any atom is -0.103 e. The van der Waals surface area contributed by atoms with E-state index in [0.29, 0.717) is 5.92 Å². The summed E-state index contributed by atoms with van der Waals surface area (Å²) >= 11 is 0. The third-order valence-corrected chi connectivity index (χ3v) is 0.774. The molecule has 0 fully saturated rings. The molecule has 42 valence electrons. The van der Waals surface area contributed by atoms with Crippen LogP contribution in [0.25, 0.3) is 0 Å². The first kappa shape index (κ1) is 4.89. The molecular formula is C7H14. The highest BCUT2D eigenvalue weighted by Crippen LogP contribution is 2.02. The molecule has 0 aromatic rings. The standard InChI is InChI=1S/C7H14/c1-4-5-6-7(2)3/h4,7H,1,5-6H2,2-3H3/i6D. The molecule has 1 atom stereocenters. The van der Waals surface area contributed by atoms with E-state index >= 15 is 0 Å². The summed E-state index contributed by atoms with van der Waals surface area (Å²) in [6.45, 7) is 7.68. The molecule has 0 N–H and O–H groups in total. The zero-order valence-electron chi connectivity index (χ0n) is 6.15. The number of hydrogen-bond acceptors (Lipinski definition) is 0. The van der Waals surface area contributed by atoms with Crippen LogP contribution in [0.15, 0.2) is 12.7 Å². The van der Waals surface area contributed by atoms with Gasteiger partial charge in [-0.15, -0.1) is 6.58 Å². The molecule has 0 amide bonds. The molecule has 0 aliphatic heterocycles. The zero-order valence-corrected chi connectivity index (χ0v) is 5.15. The van der Waals surface area contributed by atoms with Crippen molar-refractivity contribution in [3.05, 3.63) is 12.7 Å². The van der Waals surface area contributed by atoms with E-state index < -0.39 is 0 Å². The van der Waals surface area contributed by atoms with Crippen molar-refractivity contribution < 1.29 is 1.37 Å². The summed E-state index contributed by atoms with van der Waals surface area (Å²) < 4.78 is 7.36. The Labute approximate surface area is 47.6 Å². The smallest absolute Gasteiger partial charge is 0.0272 e. The Morgan fingerprint density at radius 1 is 1.86 bits per heavy atom. The second-order valence-corrected chi connectivity index (χ2v) is 2.00. The predicted molar refractivity (Wildman–Crippen MR) is 34.3 cm³/mol. The van der Waals surface area contributed by atoms with Gasteiger partial charge in [-0.25, -0.2) is 0 Å². The molecule has 0 aliphatic carbocycles. The van der Waals surface area contributed by atoms with Crippen LogP contribution < -0.4 is 0 Å². The van der Waals surface area contributed by atoms with E-state index in [1.165, 1.54) is 0 Å². The fourth-order valence-electron chi connectivity index (χ4n) is 0.368. The number of allylic oxidation sites excluding steroid dienone is 1.